The predicted molar refractivity (Wildman–Crippen MR) is 96.0 cm³/mol. The van der Waals surface area contributed by atoms with E-state index in [0.29, 0.717) is 21.5 Å². The van der Waals surface area contributed by atoms with Crippen LogP contribution in [-0.4, -0.2) is 26.1 Å². The first-order valence-corrected chi connectivity index (χ1v) is 7.83. The lowest BCUT2D eigenvalue weighted by atomic mass is 10.2. The van der Waals surface area contributed by atoms with Gasteiger partial charge in [-0.05, 0) is 37.3 Å². The van der Waals surface area contributed by atoms with Crippen LogP contribution in [-0.2, 0) is 4.79 Å². The molecule has 1 unspecified atom stereocenters. The van der Waals surface area contributed by atoms with Crippen molar-refractivity contribution in [3.8, 4) is 5.75 Å². The van der Waals surface area contributed by atoms with Crippen molar-refractivity contribution in [2.24, 2.45) is 0 Å². The maximum absolute atomic E-state index is 12.2. The van der Waals surface area contributed by atoms with Gasteiger partial charge in [0.25, 0.3) is 5.91 Å². The number of carbonyl (C=O) groups is 1. The summed E-state index contributed by atoms with van der Waals surface area (Å²) < 4.78 is 5.59. The van der Waals surface area contributed by atoms with E-state index >= 15 is 0 Å². The number of hydrogen-bond acceptors (Lipinski definition) is 3. The second kappa shape index (κ2) is 7.57. The Morgan fingerprint density at radius 3 is 2.43 bits per heavy atom. The maximum Gasteiger partial charge on any atom is 0.265 e. The summed E-state index contributed by atoms with van der Waals surface area (Å²) >= 11 is 12.2. The fourth-order valence-corrected chi connectivity index (χ4v) is 2.51. The van der Waals surface area contributed by atoms with Gasteiger partial charge in [0.05, 0.1) is 15.7 Å². The Hall–Kier alpha value is -1.91. The summed E-state index contributed by atoms with van der Waals surface area (Å²) in [7, 11) is 3.80. The minimum atomic E-state index is -0.692. The topological polar surface area (TPSA) is 41.6 Å². The lowest BCUT2D eigenvalue weighted by Crippen LogP contribution is -2.30. The fourth-order valence-electron chi connectivity index (χ4n) is 1.98. The Morgan fingerprint density at radius 1 is 1.13 bits per heavy atom. The van der Waals surface area contributed by atoms with Gasteiger partial charge >= 0.3 is 0 Å². The molecular formula is C17H18Cl2N2O2. The van der Waals surface area contributed by atoms with Crippen LogP contribution in [0, 0.1) is 0 Å². The molecule has 1 amide bonds. The number of benzene rings is 2. The monoisotopic (exact) mass is 352 g/mol. The van der Waals surface area contributed by atoms with E-state index in [1.54, 1.807) is 43.3 Å². The van der Waals surface area contributed by atoms with Gasteiger partial charge in [0.15, 0.2) is 6.10 Å². The summed E-state index contributed by atoms with van der Waals surface area (Å²) in [5, 5.41) is 3.80. The smallest absolute Gasteiger partial charge is 0.265 e. The third-order valence-electron chi connectivity index (χ3n) is 3.21. The van der Waals surface area contributed by atoms with Crippen molar-refractivity contribution < 1.29 is 9.53 Å². The number of anilines is 2. The van der Waals surface area contributed by atoms with Crippen LogP contribution >= 0.6 is 23.2 Å². The normalized spacial score (nSPS) is 11.7. The standard InChI is InChI=1S/C17H18Cl2N2O2/c1-11(23-16-7-5-4-6-13(16)18)17(22)20-12-8-9-15(21(2)3)14(19)10-12/h4-11H,1-3H3,(H,20,22). The Balaban J connectivity index is 2.04. The molecule has 2 aromatic carbocycles. The molecule has 4 nitrogen and oxygen atoms in total. The van der Waals surface area contributed by atoms with Gasteiger partial charge in [-0.25, -0.2) is 0 Å². The van der Waals surface area contributed by atoms with Crippen LogP contribution in [0.4, 0.5) is 11.4 Å². The molecule has 0 heterocycles. The van der Waals surface area contributed by atoms with E-state index in [2.05, 4.69) is 5.32 Å². The molecule has 0 bridgehead atoms. The van der Waals surface area contributed by atoms with Gasteiger partial charge in [-0.15, -0.1) is 0 Å². The third-order valence-corrected chi connectivity index (χ3v) is 3.82. The Bertz CT molecular complexity index is 705. The van der Waals surface area contributed by atoms with Crippen LogP contribution in [0.25, 0.3) is 0 Å². The van der Waals surface area contributed by atoms with Crippen molar-refractivity contribution in [3.05, 3.63) is 52.5 Å². The highest BCUT2D eigenvalue weighted by molar-refractivity contribution is 6.33. The van der Waals surface area contributed by atoms with E-state index in [9.17, 15) is 4.79 Å². The number of halogens is 2. The molecule has 2 aromatic rings. The highest BCUT2D eigenvalue weighted by atomic mass is 35.5. The van der Waals surface area contributed by atoms with Crippen molar-refractivity contribution in [3.63, 3.8) is 0 Å². The van der Waals surface area contributed by atoms with Gasteiger partial charge in [0.1, 0.15) is 5.75 Å². The summed E-state index contributed by atoms with van der Waals surface area (Å²) in [6, 6.07) is 12.4. The Labute approximate surface area is 146 Å². The first-order valence-electron chi connectivity index (χ1n) is 7.07. The average molecular weight is 353 g/mol. The zero-order chi connectivity index (χ0) is 17.0. The van der Waals surface area contributed by atoms with Crippen LogP contribution in [0.15, 0.2) is 42.5 Å². The van der Waals surface area contributed by atoms with Crippen molar-refractivity contribution >= 4 is 40.5 Å². The summed E-state index contributed by atoms with van der Waals surface area (Å²) in [6.45, 7) is 1.66. The molecule has 6 heteroatoms. The largest absolute Gasteiger partial charge is 0.479 e. The lowest BCUT2D eigenvalue weighted by molar-refractivity contribution is -0.122. The van der Waals surface area contributed by atoms with Gasteiger partial charge in [-0.3, -0.25) is 4.79 Å². The summed E-state index contributed by atoms with van der Waals surface area (Å²) in [6.07, 6.45) is -0.692. The molecule has 0 spiro atoms. The van der Waals surface area contributed by atoms with E-state index in [0.717, 1.165) is 5.69 Å². The molecule has 0 saturated heterocycles. The van der Waals surface area contributed by atoms with E-state index in [4.69, 9.17) is 27.9 Å². The fraction of sp³-hybridized carbons (Fsp3) is 0.235. The first kappa shape index (κ1) is 17.4. The van der Waals surface area contributed by atoms with Crippen molar-refractivity contribution in [1.82, 2.24) is 0 Å². The molecule has 0 aromatic heterocycles. The zero-order valence-corrected chi connectivity index (χ0v) is 14.7. The van der Waals surface area contributed by atoms with Gasteiger partial charge in [-0.1, -0.05) is 35.3 Å². The molecule has 122 valence electrons. The van der Waals surface area contributed by atoms with Crippen LogP contribution in [0.3, 0.4) is 0 Å². The average Bonchev–Trinajstić information content (AvgIpc) is 2.49. The predicted octanol–water partition coefficient (Wildman–Crippen LogP) is 4.47. The third kappa shape index (κ3) is 4.53. The minimum Gasteiger partial charge on any atom is -0.479 e. The van der Waals surface area contributed by atoms with Gasteiger partial charge in [0, 0.05) is 19.8 Å². The summed E-state index contributed by atoms with van der Waals surface area (Å²) in [5.41, 5.74) is 1.49. The van der Waals surface area contributed by atoms with Gasteiger partial charge < -0.3 is 15.0 Å². The molecule has 2 rings (SSSR count). The summed E-state index contributed by atoms with van der Waals surface area (Å²) in [5.74, 6) is 0.191. The zero-order valence-electron chi connectivity index (χ0n) is 13.1. The van der Waals surface area contributed by atoms with Crippen LogP contribution < -0.4 is 15.0 Å². The Morgan fingerprint density at radius 2 is 1.83 bits per heavy atom. The van der Waals surface area contributed by atoms with Crippen molar-refractivity contribution in [2.45, 2.75) is 13.0 Å². The molecule has 23 heavy (non-hydrogen) atoms. The number of amides is 1. The summed E-state index contributed by atoms with van der Waals surface area (Å²) in [4.78, 5) is 14.1. The molecule has 0 fully saturated rings. The van der Waals surface area contributed by atoms with Crippen LogP contribution in [0.5, 0.6) is 5.75 Å². The molecule has 0 radical (unpaired) electrons. The van der Waals surface area contributed by atoms with Crippen LogP contribution in [0.2, 0.25) is 10.0 Å². The number of carbonyl (C=O) groups excluding carboxylic acids is 1. The molecule has 1 atom stereocenters. The second-order valence-electron chi connectivity index (χ2n) is 5.24. The highest BCUT2D eigenvalue weighted by Crippen LogP contribution is 2.28. The number of nitrogens with zero attached hydrogens (tertiary/aromatic N) is 1. The molecular weight excluding hydrogens is 335 g/mol. The van der Waals surface area contributed by atoms with E-state index in [1.165, 1.54) is 0 Å². The highest BCUT2D eigenvalue weighted by Gasteiger charge is 2.16. The maximum atomic E-state index is 12.2. The quantitative estimate of drug-likeness (QED) is 0.863. The number of ether oxygens (including phenoxy) is 1. The molecule has 0 saturated carbocycles. The van der Waals surface area contributed by atoms with Crippen LogP contribution in [0.1, 0.15) is 6.92 Å². The van der Waals surface area contributed by atoms with E-state index in [1.807, 2.05) is 25.1 Å². The van der Waals surface area contributed by atoms with Gasteiger partial charge in [0.2, 0.25) is 0 Å². The van der Waals surface area contributed by atoms with Gasteiger partial charge in [-0.2, -0.15) is 0 Å². The number of rotatable bonds is 5. The van der Waals surface area contributed by atoms with Crippen molar-refractivity contribution in [2.75, 3.05) is 24.3 Å². The Kier molecular flexibility index (Phi) is 5.74. The molecule has 0 aliphatic carbocycles. The number of nitrogens with one attached hydrogen (secondary N) is 1. The van der Waals surface area contributed by atoms with E-state index in [-0.39, 0.29) is 5.91 Å². The number of para-hydroxylation sites is 1. The molecule has 1 N–H and O–H groups in total. The van der Waals surface area contributed by atoms with E-state index < -0.39 is 6.10 Å². The number of hydrogen-bond donors (Lipinski definition) is 1. The molecule has 0 aliphatic heterocycles. The van der Waals surface area contributed by atoms with Crippen molar-refractivity contribution in [1.29, 1.82) is 0 Å². The molecule has 0 aliphatic rings. The second-order valence-corrected chi connectivity index (χ2v) is 6.05. The first-order chi connectivity index (χ1) is 10.9. The SMILES string of the molecule is CC(Oc1ccccc1Cl)C(=O)Nc1ccc(N(C)C)c(Cl)c1. The lowest BCUT2D eigenvalue weighted by Gasteiger charge is -2.17. The minimum absolute atomic E-state index is 0.279.